The summed E-state index contributed by atoms with van der Waals surface area (Å²) in [6.07, 6.45) is 4.38. The Bertz CT molecular complexity index is 290. The number of carboxylic acid groups (broad SMARTS) is 1. The van der Waals surface area contributed by atoms with Gasteiger partial charge in [0, 0.05) is 18.5 Å². The Labute approximate surface area is 103 Å². The van der Waals surface area contributed by atoms with Gasteiger partial charge in [0.25, 0.3) is 0 Å². The highest BCUT2D eigenvalue weighted by Gasteiger charge is 2.31. The Morgan fingerprint density at radius 1 is 1.18 bits per heavy atom. The van der Waals surface area contributed by atoms with Crippen molar-refractivity contribution in [3.05, 3.63) is 0 Å². The van der Waals surface area contributed by atoms with Crippen LogP contribution >= 0.6 is 0 Å². The number of hydrogen-bond donors (Lipinski definition) is 1. The van der Waals surface area contributed by atoms with Gasteiger partial charge in [-0.3, -0.25) is 9.59 Å². The number of likely N-dealkylation sites (tertiary alicyclic amines) is 1. The van der Waals surface area contributed by atoms with Gasteiger partial charge in [0.15, 0.2) is 0 Å². The van der Waals surface area contributed by atoms with Crippen LogP contribution in [0, 0.1) is 11.8 Å². The average Bonchev–Trinajstić information content (AvgIpc) is 2.50. The molecule has 0 bridgehead atoms. The Morgan fingerprint density at radius 2 is 1.82 bits per heavy atom. The quantitative estimate of drug-likeness (QED) is 0.823. The molecule has 0 aromatic carbocycles. The van der Waals surface area contributed by atoms with E-state index in [1.807, 2.05) is 4.90 Å². The summed E-state index contributed by atoms with van der Waals surface area (Å²) in [4.78, 5) is 25.0. The van der Waals surface area contributed by atoms with Crippen molar-refractivity contribution in [3.8, 4) is 0 Å². The number of amides is 1. The minimum absolute atomic E-state index is 0.00528. The first-order chi connectivity index (χ1) is 7.95. The summed E-state index contributed by atoms with van der Waals surface area (Å²) < 4.78 is 0. The van der Waals surface area contributed by atoms with Crippen LogP contribution < -0.4 is 0 Å². The van der Waals surface area contributed by atoms with Crippen LogP contribution in [-0.4, -0.2) is 34.5 Å². The lowest BCUT2D eigenvalue weighted by atomic mass is 9.94. The molecule has 17 heavy (non-hydrogen) atoms. The molecule has 98 valence electrons. The zero-order valence-electron chi connectivity index (χ0n) is 11.0. The number of carbonyl (C=O) groups is 2. The molecular formula is C13H23NO3. The van der Waals surface area contributed by atoms with E-state index >= 15 is 0 Å². The number of nitrogens with zero attached hydrogens (tertiary/aromatic N) is 1. The minimum atomic E-state index is -0.895. The Morgan fingerprint density at radius 3 is 2.41 bits per heavy atom. The lowest BCUT2D eigenvalue weighted by molar-refractivity contribution is -0.149. The fourth-order valence-electron chi connectivity index (χ4n) is 2.29. The summed E-state index contributed by atoms with van der Waals surface area (Å²) >= 11 is 0. The van der Waals surface area contributed by atoms with Crippen molar-refractivity contribution in [2.75, 3.05) is 6.54 Å². The van der Waals surface area contributed by atoms with E-state index in [0.717, 1.165) is 32.2 Å². The summed E-state index contributed by atoms with van der Waals surface area (Å²) in [5.41, 5.74) is 0. The third kappa shape index (κ3) is 3.45. The van der Waals surface area contributed by atoms with Crippen molar-refractivity contribution in [2.24, 2.45) is 11.8 Å². The minimum Gasteiger partial charge on any atom is -0.481 e. The molecular weight excluding hydrogens is 218 g/mol. The number of rotatable bonds is 3. The van der Waals surface area contributed by atoms with E-state index in [9.17, 15) is 9.59 Å². The highest BCUT2D eigenvalue weighted by molar-refractivity contribution is 5.84. The molecule has 1 aliphatic rings. The molecule has 0 aromatic rings. The lowest BCUT2D eigenvalue weighted by Gasteiger charge is -2.31. The smallest absolute Gasteiger partial charge is 0.307 e. The van der Waals surface area contributed by atoms with Gasteiger partial charge in [-0.2, -0.15) is 0 Å². The van der Waals surface area contributed by atoms with E-state index in [1.54, 1.807) is 13.8 Å². The van der Waals surface area contributed by atoms with Gasteiger partial charge < -0.3 is 10.0 Å². The second-order valence-electron chi connectivity index (χ2n) is 5.15. The molecule has 1 fully saturated rings. The van der Waals surface area contributed by atoms with Crippen molar-refractivity contribution < 1.29 is 14.7 Å². The molecule has 3 atom stereocenters. The van der Waals surface area contributed by atoms with Gasteiger partial charge in [0.05, 0.1) is 5.92 Å². The molecule has 4 heteroatoms. The van der Waals surface area contributed by atoms with Gasteiger partial charge in [0.1, 0.15) is 0 Å². The number of carboxylic acids is 1. The van der Waals surface area contributed by atoms with Crippen molar-refractivity contribution >= 4 is 11.9 Å². The fraction of sp³-hybridized carbons (Fsp3) is 0.846. The first-order valence-electron chi connectivity index (χ1n) is 6.48. The molecule has 1 heterocycles. The third-order valence-electron chi connectivity index (χ3n) is 3.87. The molecule has 1 N–H and O–H groups in total. The summed E-state index contributed by atoms with van der Waals surface area (Å²) in [7, 11) is 0. The van der Waals surface area contributed by atoms with Gasteiger partial charge >= 0.3 is 5.97 Å². The molecule has 1 aliphatic heterocycles. The van der Waals surface area contributed by atoms with Crippen LogP contribution in [0.4, 0.5) is 0 Å². The second-order valence-corrected chi connectivity index (χ2v) is 5.15. The van der Waals surface area contributed by atoms with E-state index in [-0.39, 0.29) is 11.9 Å². The topological polar surface area (TPSA) is 57.6 Å². The van der Waals surface area contributed by atoms with Gasteiger partial charge in [-0.15, -0.1) is 0 Å². The Kier molecular flexibility index (Phi) is 4.97. The Balaban J connectivity index is 2.69. The van der Waals surface area contributed by atoms with E-state index in [2.05, 4.69) is 6.92 Å². The maximum Gasteiger partial charge on any atom is 0.307 e. The standard InChI is InChI=1S/C13H23NO3/c1-9-7-5-4-6-8-14(9)12(15)10(2)11(3)13(16)17/h9-11H,4-8H2,1-3H3,(H,16,17). The maximum absolute atomic E-state index is 12.3. The number of hydrogen-bond acceptors (Lipinski definition) is 2. The first kappa shape index (κ1) is 14.0. The molecule has 0 aromatic heterocycles. The molecule has 4 nitrogen and oxygen atoms in total. The van der Waals surface area contributed by atoms with Crippen LogP contribution in [0.15, 0.2) is 0 Å². The van der Waals surface area contributed by atoms with Crippen molar-refractivity contribution in [1.29, 1.82) is 0 Å². The van der Waals surface area contributed by atoms with Gasteiger partial charge in [-0.25, -0.2) is 0 Å². The largest absolute Gasteiger partial charge is 0.481 e. The van der Waals surface area contributed by atoms with Crippen LogP contribution in [-0.2, 0) is 9.59 Å². The van der Waals surface area contributed by atoms with E-state index in [4.69, 9.17) is 5.11 Å². The van der Waals surface area contributed by atoms with E-state index in [1.165, 1.54) is 0 Å². The summed E-state index contributed by atoms with van der Waals surface area (Å²) in [6, 6.07) is 0.244. The predicted molar refractivity (Wildman–Crippen MR) is 65.6 cm³/mol. The van der Waals surface area contributed by atoms with Crippen molar-refractivity contribution in [2.45, 2.75) is 52.5 Å². The molecule has 3 unspecified atom stereocenters. The normalized spacial score (nSPS) is 24.9. The molecule has 1 saturated heterocycles. The summed E-state index contributed by atoms with van der Waals surface area (Å²) in [5.74, 6) is -1.95. The zero-order valence-corrected chi connectivity index (χ0v) is 11.0. The lowest BCUT2D eigenvalue weighted by Crippen LogP contribution is -2.43. The molecule has 0 radical (unpaired) electrons. The molecule has 1 amide bonds. The van der Waals surface area contributed by atoms with E-state index < -0.39 is 17.8 Å². The molecule has 0 spiro atoms. The van der Waals surface area contributed by atoms with Gasteiger partial charge in [-0.1, -0.05) is 26.7 Å². The highest BCUT2D eigenvalue weighted by Crippen LogP contribution is 2.21. The Hall–Kier alpha value is -1.06. The molecule has 0 aliphatic carbocycles. The average molecular weight is 241 g/mol. The fourth-order valence-corrected chi connectivity index (χ4v) is 2.29. The second kappa shape index (κ2) is 6.03. The first-order valence-corrected chi connectivity index (χ1v) is 6.48. The maximum atomic E-state index is 12.3. The van der Waals surface area contributed by atoms with Crippen LogP contribution in [0.3, 0.4) is 0 Å². The van der Waals surface area contributed by atoms with Crippen LogP contribution in [0.2, 0.25) is 0 Å². The van der Waals surface area contributed by atoms with Crippen molar-refractivity contribution in [1.82, 2.24) is 4.90 Å². The van der Waals surface area contributed by atoms with Gasteiger partial charge in [0.2, 0.25) is 5.91 Å². The molecule has 1 rings (SSSR count). The van der Waals surface area contributed by atoms with Crippen LogP contribution in [0.1, 0.15) is 46.5 Å². The highest BCUT2D eigenvalue weighted by atomic mass is 16.4. The van der Waals surface area contributed by atoms with Crippen molar-refractivity contribution in [3.63, 3.8) is 0 Å². The molecule has 0 saturated carbocycles. The predicted octanol–water partition coefficient (Wildman–Crippen LogP) is 2.13. The zero-order chi connectivity index (χ0) is 13.0. The SMILES string of the molecule is CC(C(=O)O)C(C)C(=O)N1CCCCCC1C. The monoisotopic (exact) mass is 241 g/mol. The third-order valence-corrected chi connectivity index (χ3v) is 3.87. The number of carbonyl (C=O) groups excluding carboxylic acids is 1. The van der Waals surface area contributed by atoms with Crippen LogP contribution in [0.25, 0.3) is 0 Å². The van der Waals surface area contributed by atoms with Crippen LogP contribution in [0.5, 0.6) is 0 Å². The van der Waals surface area contributed by atoms with Gasteiger partial charge in [-0.05, 0) is 19.8 Å². The van der Waals surface area contributed by atoms with E-state index in [0.29, 0.717) is 0 Å². The summed E-state index contributed by atoms with van der Waals surface area (Å²) in [5, 5.41) is 8.95. The number of aliphatic carboxylic acids is 1. The summed E-state index contributed by atoms with van der Waals surface area (Å²) in [6.45, 7) is 6.16.